The van der Waals surface area contributed by atoms with Crippen LogP contribution < -0.4 is 4.74 Å². The topological polar surface area (TPSA) is 52.8 Å². The second-order valence-corrected chi connectivity index (χ2v) is 4.60. The van der Waals surface area contributed by atoms with Gasteiger partial charge in [0.05, 0.1) is 12.4 Å². The molecule has 0 amide bonds. The van der Waals surface area contributed by atoms with Gasteiger partial charge in [-0.3, -0.25) is 4.68 Å². The molecule has 6 heteroatoms. The fraction of sp³-hybridized carbons (Fsp3) is 0.462. The lowest BCUT2D eigenvalue weighted by atomic mass is 10.3. The fourth-order valence-corrected chi connectivity index (χ4v) is 1.81. The normalized spacial score (nSPS) is 10.7. The lowest BCUT2D eigenvalue weighted by Crippen LogP contribution is -2.00. The zero-order valence-corrected chi connectivity index (χ0v) is 12.1. The molecule has 0 aliphatic carbocycles. The first-order chi connectivity index (χ1) is 9.13. The molecule has 2 aromatic rings. The summed E-state index contributed by atoms with van der Waals surface area (Å²) in [6, 6.07) is 0. The zero-order chi connectivity index (χ0) is 13.8. The van der Waals surface area contributed by atoms with E-state index in [4.69, 9.17) is 16.3 Å². The number of aromatic nitrogens is 4. The van der Waals surface area contributed by atoms with Crippen LogP contribution in [0.2, 0.25) is 5.15 Å². The highest BCUT2D eigenvalue weighted by molar-refractivity contribution is 6.30. The van der Waals surface area contributed by atoms with Crippen molar-refractivity contribution in [1.82, 2.24) is 19.7 Å². The van der Waals surface area contributed by atoms with Crippen LogP contribution in [0.5, 0.6) is 11.6 Å². The third-order valence-electron chi connectivity index (χ3n) is 2.71. The first kappa shape index (κ1) is 13.8. The average molecular weight is 281 g/mol. The van der Waals surface area contributed by atoms with Gasteiger partial charge in [-0.05, 0) is 20.3 Å². The monoisotopic (exact) mass is 280 g/mol. The second-order valence-electron chi connectivity index (χ2n) is 4.24. The molecule has 0 N–H and O–H groups in total. The third-order valence-corrected chi connectivity index (χ3v) is 3.08. The Morgan fingerprint density at radius 3 is 2.74 bits per heavy atom. The summed E-state index contributed by atoms with van der Waals surface area (Å²) in [5.74, 6) is 1.86. The first-order valence-electron chi connectivity index (χ1n) is 6.37. The zero-order valence-electron chi connectivity index (χ0n) is 11.4. The van der Waals surface area contributed by atoms with Crippen LogP contribution in [-0.2, 0) is 13.0 Å². The molecule has 2 aromatic heterocycles. The van der Waals surface area contributed by atoms with Crippen LogP contribution in [0, 0.1) is 6.92 Å². The maximum Gasteiger partial charge on any atom is 0.227 e. The molecule has 0 fully saturated rings. The highest BCUT2D eigenvalue weighted by Gasteiger charge is 2.12. The predicted molar refractivity (Wildman–Crippen MR) is 73.7 cm³/mol. The molecule has 2 heterocycles. The summed E-state index contributed by atoms with van der Waals surface area (Å²) in [5, 5.41) is 4.60. The van der Waals surface area contributed by atoms with Crippen LogP contribution in [0.1, 0.15) is 31.7 Å². The summed E-state index contributed by atoms with van der Waals surface area (Å²) in [7, 11) is 0. The molecule has 0 saturated heterocycles. The number of nitrogens with zero attached hydrogens (tertiary/aromatic N) is 4. The molecular formula is C13H17ClN4O. The van der Waals surface area contributed by atoms with Crippen molar-refractivity contribution >= 4 is 11.6 Å². The maximum atomic E-state index is 6.10. The minimum absolute atomic E-state index is 0.441. The van der Waals surface area contributed by atoms with Crippen molar-refractivity contribution in [2.24, 2.45) is 0 Å². The summed E-state index contributed by atoms with van der Waals surface area (Å²) in [5.41, 5.74) is 0.741. The quantitative estimate of drug-likeness (QED) is 0.788. The summed E-state index contributed by atoms with van der Waals surface area (Å²) in [6.07, 6.45) is 5.24. The van der Waals surface area contributed by atoms with E-state index in [-0.39, 0.29) is 0 Å². The van der Waals surface area contributed by atoms with E-state index in [0.717, 1.165) is 24.9 Å². The van der Waals surface area contributed by atoms with Gasteiger partial charge >= 0.3 is 0 Å². The molecule has 0 atom stereocenters. The van der Waals surface area contributed by atoms with Gasteiger partial charge in [0.15, 0.2) is 5.75 Å². The van der Waals surface area contributed by atoms with Gasteiger partial charge in [0.2, 0.25) is 5.88 Å². The Morgan fingerprint density at radius 2 is 2.11 bits per heavy atom. The van der Waals surface area contributed by atoms with Gasteiger partial charge in [0.25, 0.3) is 0 Å². The molecule has 19 heavy (non-hydrogen) atoms. The van der Waals surface area contributed by atoms with Gasteiger partial charge in [-0.25, -0.2) is 4.98 Å². The lowest BCUT2D eigenvalue weighted by molar-refractivity contribution is 0.453. The van der Waals surface area contributed by atoms with Crippen LogP contribution in [-0.4, -0.2) is 19.7 Å². The molecule has 0 spiro atoms. The Hall–Kier alpha value is -1.62. The highest BCUT2D eigenvalue weighted by Crippen LogP contribution is 2.26. The molecule has 2 rings (SSSR count). The van der Waals surface area contributed by atoms with Crippen molar-refractivity contribution in [2.75, 3.05) is 0 Å². The Labute approximate surface area is 117 Å². The minimum atomic E-state index is 0.441. The lowest BCUT2D eigenvalue weighted by Gasteiger charge is -2.08. The molecule has 5 nitrogen and oxygen atoms in total. The fourth-order valence-electron chi connectivity index (χ4n) is 1.63. The van der Waals surface area contributed by atoms with Gasteiger partial charge in [0, 0.05) is 18.5 Å². The molecule has 0 saturated carbocycles. The van der Waals surface area contributed by atoms with Crippen molar-refractivity contribution in [3.8, 4) is 11.6 Å². The van der Waals surface area contributed by atoms with Crippen LogP contribution in [0.25, 0.3) is 0 Å². The first-order valence-corrected chi connectivity index (χ1v) is 6.75. The second kappa shape index (κ2) is 6.02. The molecular weight excluding hydrogens is 264 g/mol. The van der Waals surface area contributed by atoms with Crippen molar-refractivity contribution in [1.29, 1.82) is 0 Å². The van der Waals surface area contributed by atoms with E-state index >= 15 is 0 Å². The number of halogens is 1. The van der Waals surface area contributed by atoms with Gasteiger partial charge in [-0.1, -0.05) is 18.5 Å². The number of ether oxygens (including phenoxy) is 1. The Morgan fingerprint density at radius 1 is 1.32 bits per heavy atom. The van der Waals surface area contributed by atoms with Crippen LogP contribution >= 0.6 is 11.6 Å². The SMILES string of the molecule is CCCc1nc(Cl)c(C)c(Oc2cnn(CC)c2)n1. The summed E-state index contributed by atoms with van der Waals surface area (Å²) in [4.78, 5) is 8.64. The standard InChI is InChI=1S/C13H17ClN4O/c1-4-6-11-16-12(14)9(3)13(17-11)19-10-7-15-18(5-2)8-10/h7-8H,4-6H2,1-3H3. The third kappa shape index (κ3) is 3.23. The van der Waals surface area contributed by atoms with Crippen molar-refractivity contribution < 1.29 is 4.74 Å². The van der Waals surface area contributed by atoms with E-state index in [1.807, 2.05) is 20.0 Å². The van der Waals surface area contributed by atoms with Gasteiger partial charge in [0.1, 0.15) is 11.0 Å². The van der Waals surface area contributed by atoms with Gasteiger partial charge < -0.3 is 4.74 Å². The number of aryl methyl sites for hydroxylation is 2. The van der Waals surface area contributed by atoms with Crippen molar-refractivity contribution in [3.05, 3.63) is 28.9 Å². The smallest absolute Gasteiger partial charge is 0.227 e. The van der Waals surface area contributed by atoms with E-state index in [0.29, 0.717) is 22.6 Å². The predicted octanol–water partition coefficient (Wildman–Crippen LogP) is 3.40. The van der Waals surface area contributed by atoms with E-state index in [9.17, 15) is 0 Å². The van der Waals surface area contributed by atoms with Crippen molar-refractivity contribution in [3.63, 3.8) is 0 Å². The summed E-state index contributed by atoms with van der Waals surface area (Å²) >= 11 is 6.10. The number of hydrogen-bond donors (Lipinski definition) is 0. The van der Waals surface area contributed by atoms with Gasteiger partial charge in [-0.2, -0.15) is 10.1 Å². The number of hydrogen-bond acceptors (Lipinski definition) is 4. The van der Waals surface area contributed by atoms with Crippen LogP contribution in [0.15, 0.2) is 12.4 Å². The van der Waals surface area contributed by atoms with Crippen molar-refractivity contribution in [2.45, 2.75) is 40.2 Å². The molecule has 0 aliphatic rings. The Bertz CT molecular complexity index is 568. The molecule has 0 unspecified atom stereocenters. The molecule has 0 radical (unpaired) electrons. The average Bonchev–Trinajstić information content (AvgIpc) is 2.83. The Balaban J connectivity index is 2.27. The maximum absolute atomic E-state index is 6.10. The van der Waals surface area contributed by atoms with Crippen LogP contribution in [0.3, 0.4) is 0 Å². The van der Waals surface area contributed by atoms with Gasteiger partial charge in [-0.15, -0.1) is 0 Å². The molecule has 102 valence electrons. The molecule has 0 aromatic carbocycles. The van der Waals surface area contributed by atoms with E-state index in [1.165, 1.54) is 0 Å². The van der Waals surface area contributed by atoms with E-state index in [2.05, 4.69) is 22.0 Å². The molecule has 0 bridgehead atoms. The Kier molecular flexibility index (Phi) is 4.37. The largest absolute Gasteiger partial charge is 0.435 e. The number of rotatable bonds is 5. The van der Waals surface area contributed by atoms with E-state index in [1.54, 1.807) is 10.9 Å². The highest BCUT2D eigenvalue weighted by atomic mass is 35.5. The van der Waals surface area contributed by atoms with E-state index < -0.39 is 0 Å². The minimum Gasteiger partial charge on any atom is -0.435 e. The summed E-state index contributed by atoms with van der Waals surface area (Å²) < 4.78 is 7.53. The molecule has 0 aliphatic heterocycles. The van der Waals surface area contributed by atoms with Crippen LogP contribution in [0.4, 0.5) is 0 Å². The summed E-state index contributed by atoms with van der Waals surface area (Å²) in [6.45, 7) is 6.73.